The van der Waals surface area contributed by atoms with Crippen LogP contribution < -0.4 is 0 Å². The fraction of sp³-hybridized carbons (Fsp3) is 0.0980. The molecule has 9 aromatic rings. The quantitative estimate of drug-likeness (QED) is 0.161. The molecule has 9 rings (SSSR count). The van der Waals surface area contributed by atoms with Crippen molar-refractivity contribution in [2.75, 3.05) is 0 Å². The summed E-state index contributed by atoms with van der Waals surface area (Å²) in [4.78, 5) is 20.4. The first-order valence-corrected chi connectivity index (χ1v) is 18.8. The van der Waals surface area contributed by atoms with Crippen LogP contribution in [-0.2, 0) is 5.41 Å². The van der Waals surface area contributed by atoms with E-state index in [1.807, 2.05) is 25.1 Å². The lowest BCUT2D eigenvalue weighted by molar-refractivity contribution is 0.569. The molecule has 2 heterocycles. The van der Waals surface area contributed by atoms with Crippen molar-refractivity contribution in [3.63, 3.8) is 0 Å². The fourth-order valence-electron chi connectivity index (χ4n) is 7.71. The number of fused-ring (bicyclic) bond motifs is 2. The maximum Gasteiger partial charge on any atom is 0.164 e. The highest BCUT2D eigenvalue weighted by Crippen LogP contribution is 2.44. The number of pyridine rings is 1. The summed E-state index contributed by atoms with van der Waals surface area (Å²) in [6.07, 6.45) is 0. The van der Waals surface area contributed by atoms with Crippen molar-refractivity contribution in [1.29, 1.82) is 0 Å². The Bertz CT molecular complexity index is 2800. The first kappa shape index (κ1) is 34.0. The van der Waals surface area contributed by atoms with Gasteiger partial charge in [-0.25, -0.2) is 15.0 Å². The average Bonchev–Trinajstić information content (AvgIpc) is 3.23. The Morgan fingerprint density at radius 1 is 0.345 bits per heavy atom. The van der Waals surface area contributed by atoms with Crippen molar-refractivity contribution in [1.82, 2.24) is 19.9 Å². The molecule has 264 valence electrons. The average molecular weight is 709 g/mol. The lowest BCUT2D eigenvalue weighted by Crippen LogP contribution is -2.15. The van der Waals surface area contributed by atoms with Crippen LogP contribution in [0.1, 0.15) is 32.2 Å². The Morgan fingerprint density at radius 2 is 0.745 bits per heavy atom. The monoisotopic (exact) mass is 708 g/mol. The minimum Gasteiger partial charge on any atom is -0.257 e. The van der Waals surface area contributed by atoms with Gasteiger partial charge in [-0.2, -0.15) is 0 Å². The van der Waals surface area contributed by atoms with Gasteiger partial charge in [-0.05, 0) is 74.5 Å². The van der Waals surface area contributed by atoms with Crippen molar-refractivity contribution < 1.29 is 0 Å². The first-order valence-electron chi connectivity index (χ1n) is 18.8. The van der Waals surface area contributed by atoms with Crippen LogP contribution in [0, 0.1) is 6.92 Å². The van der Waals surface area contributed by atoms with E-state index >= 15 is 0 Å². The number of hydrogen-bond acceptors (Lipinski definition) is 4. The van der Waals surface area contributed by atoms with Crippen LogP contribution in [0.15, 0.2) is 170 Å². The van der Waals surface area contributed by atoms with Gasteiger partial charge < -0.3 is 0 Å². The Kier molecular flexibility index (Phi) is 8.59. The van der Waals surface area contributed by atoms with E-state index in [0.29, 0.717) is 17.5 Å². The van der Waals surface area contributed by atoms with Crippen molar-refractivity contribution in [2.24, 2.45) is 0 Å². The van der Waals surface area contributed by atoms with Gasteiger partial charge in [0.15, 0.2) is 17.5 Å². The van der Waals surface area contributed by atoms with Crippen molar-refractivity contribution in [2.45, 2.75) is 33.1 Å². The predicted octanol–water partition coefficient (Wildman–Crippen LogP) is 13.2. The molecule has 4 heteroatoms. The zero-order valence-electron chi connectivity index (χ0n) is 31.5. The number of aryl methyl sites for hydroxylation is 1. The third-order valence-electron chi connectivity index (χ3n) is 10.2. The van der Waals surface area contributed by atoms with E-state index in [1.54, 1.807) is 0 Å². The molecule has 0 fully saturated rings. The summed E-state index contributed by atoms with van der Waals surface area (Å²) in [7, 11) is 0. The predicted molar refractivity (Wildman–Crippen MR) is 229 cm³/mol. The van der Waals surface area contributed by atoms with Gasteiger partial charge >= 0.3 is 0 Å². The zero-order valence-corrected chi connectivity index (χ0v) is 31.5. The van der Waals surface area contributed by atoms with Crippen LogP contribution in [0.25, 0.3) is 89.1 Å². The number of aromatic nitrogens is 4. The summed E-state index contributed by atoms with van der Waals surface area (Å²) < 4.78 is 0. The summed E-state index contributed by atoms with van der Waals surface area (Å²) in [5.41, 5.74) is 11.7. The summed E-state index contributed by atoms with van der Waals surface area (Å²) in [6.45, 7) is 8.68. The lowest BCUT2D eigenvalue weighted by Gasteiger charge is -2.22. The van der Waals surface area contributed by atoms with E-state index < -0.39 is 0 Å². The summed E-state index contributed by atoms with van der Waals surface area (Å²) in [6, 6.07) is 59.8. The number of hydrogen-bond donors (Lipinski definition) is 0. The molecule has 0 radical (unpaired) electrons. The highest BCUT2D eigenvalue weighted by molar-refractivity contribution is 6.21. The van der Waals surface area contributed by atoms with E-state index in [4.69, 9.17) is 19.9 Å². The van der Waals surface area contributed by atoms with Crippen LogP contribution in [0.2, 0.25) is 0 Å². The zero-order chi connectivity index (χ0) is 37.5. The number of rotatable bonds is 6. The maximum absolute atomic E-state index is 5.19. The van der Waals surface area contributed by atoms with Crippen molar-refractivity contribution >= 4 is 21.5 Å². The standard InChI is InChI=1S/C51H40N4/c1-33-29-30-40(47(52-33)51(2,3)4)36-21-15-23-38(31-36)49-53-48(35-19-9-6-10-20-35)54-50(55-49)39-24-16-22-37(32-39)46-43-27-13-11-25-41(43)45(34-17-7-5-8-18-34)42-26-12-14-28-44(42)46/h5-32H,1-4H3. The molecule has 0 saturated heterocycles. The molecule has 2 aromatic heterocycles. The van der Waals surface area contributed by atoms with Crippen LogP contribution >= 0.6 is 0 Å². The topological polar surface area (TPSA) is 51.6 Å². The summed E-state index contributed by atoms with van der Waals surface area (Å²) in [5, 5.41) is 4.85. The molecule has 0 amide bonds. The van der Waals surface area contributed by atoms with Gasteiger partial charge in [-0.3, -0.25) is 4.98 Å². The minimum absolute atomic E-state index is 0.123. The smallest absolute Gasteiger partial charge is 0.164 e. The molecule has 0 unspecified atom stereocenters. The van der Waals surface area contributed by atoms with E-state index in [1.165, 1.54) is 38.2 Å². The van der Waals surface area contributed by atoms with Gasteiger partial charge in [0.05, 0.1) is 5.69 Å². The third kappa shape index (κ3) is 6.46. The molecule has 0 atom stereocenters. The molecule has 4 nitrogen and oxygen atoms in total. The lowest BCUT2D eigenvalue weighted by atomic mass is 9.85. The molecule has 0 bridgehead atoms. The minimum atomic E-state index is -0.123. The largest absolute Gasteiger partial charge is 0.257 e. The molecule has 0 aliphatic rings. The number of benzene rings is 7. The highest BCUT2D eigenvalue weighted by atomic mass is 15.0. The Morgan fingerprint density at radius 3 is 1.27 bits per heavy atom. The van der Waals surface area contributed by atoms with Gasteiger partial charge in [0, 0.05) is 33.4 Å². The molecular formula is C51H40N4. The summed E-state index contributed by atoms with van der Waals surface area (Å²) >= 11 is 0. The second kappa shape index (κ2) is 13.9. The van der Waals surface area contributed by atoms with Crippen LogP contribution in [0.3, 0.4) is 0 Å². The van der Waals surface area contributed by atoms with Crippen LogP contribution in [0.4, 0.5) is 0 Å². The normalized spacial score (nSPS) is 11.6. The Balaban J connectivity index is 1.23. The molecule has 7 aromatic carbocycles. The SMILES string of the molecule is Cc1ccc(-c2cccc(-c3nc(-c4ccccc4)nc(-c4cccc(-c5c6ccccc6c(-c6ccccc6)c6ccccc56)c4)n3)c2)c(C(C)(C)C)n1. The molecule has 55 heavy (non-hydrogen) atoms. The molecule has 0 aliphatic carbocycles. The molecule has 0 N–H and O–H groups in total. The van der Waals surface area contributed by atoms with E-state index in [9.17, 15) is 0 Å². The second-order valence-electron chi connectivity index (χ2n) is 15.1. The maximum atomic E-state index is 5.19. The summed E-state index contributed by atoms with van der Waals surface area (Å²) in [5.74, 6) is 1.88. The second-order valence-corrected chi connectivity index (χ2v) is 15.1. The van der Waals surface area contributed by atoms with Gasteiger partial charge in [-0.15, -0.1) is 0 Å². The van der Waals surface area contributed by atoms with Crippen molar-refractivity contribution in [3.8, 4) is 67.5 Å². The highest BCUT2D eigenvalue weighted by Gasteiger charge is 2.22. The van der Waals surface area contributed by atoms with E-state index in [2.05, 4.69) is 172 Å². The Labute approximate surface area is 322 Å². The molecule has 0 spiro atoms. The van der Waals surface area contributed by atoms with Gasteiger partial charge in [-0.1, -0.05) is 172 Å². The fourth-order valence-corrected chi connectivity index (χ4v) is 7.71. The first-order chi connectivity index (χ1) is 26.8. The molecular weight excluding hydrogens is 669 g/mol. The van der Waals surface area contributed by atoms with Gasteiger partial charge in [0.1, 0.15) is 0 Å². The molecule has 0 saturated carbocycles. The van der Waals surface area contributed by atoms with Crippen molar-refractivity contribution in [3.05, 3.63) is 181 Å². The molecule has 0 aliphatic heterocycles. The van der Waals surface area contributed by atoms with E-state index in [-0.39, 0.29) is 5.41 Å². The van der Waals surface area contributed by atoms with E-state index in [0.717, 1.165) is 44.8 Å². The van der Waals surface area contributed by atoms with Crippen LogP contribution in [0.5, 0.6) is 0 Å². The van der Waals surface area contributed by atoms with Crippen LogP contribution in [-0.4, -0.2) is 19.9 Å². The van der Waals surface area contributed by atoms with Gasteiger partial charge in [0.2, 0.25) is 0 Å². The Hall–Kier alpha value is -6.78. The number of nitrogens with zero attached hydrogens (tertiary/aromatic N) is 4. The third-order valence-corrected chi connectivity index (χ3v) is 10.2. The van der Waals surface area contributed by atoms with Gasteiger partial charge in [0.25, 0.3) is 0 Å².